The van der Waals surface area contributed by atoms with E-state index in [9.17, 15) is 14.0 Å². The summed E-state index contributed by atoms with van der Waals surface area (Å²) < 4.78 is 13.5. The van der Waals surface area contributed by atoms with Gasteiger partial charge in [-0.05, 0) is 31.7 Å². The molecule has 0 heterocycles. The van der Waals surface area contributed by atoms with Crippen molar-refractivity contribution < 1.29 is 14.0 Å². The summed E-state index contributed by atoms with van der Waals surface area (Å²) in [6.07, 6.45) is 4.28. The molecule has 2 fully saturated rings. The molecule has 1 N–H and O–H groups in total. The third-order valence-electron chi connectivity index (χ3n) is 4.83. The van der Waals surface area contributed by atoms with Crippen LogP contribution in [-0.4, -0.2) is 11.7 Å². The molecule has 2 aliphatic rings. The van der Waals surface area contributed by atoms with Crippen molar-refractivity contribution in [3.63, 3.8) is 0 Å². The van der Waals surface area contributed by atoms with Crippen LogP contribution >= 0.6 is 0 Å². The van der Waals surface area contributed by atoms with Gasteiger partial charge in [0.25, 0.3) is 0 Å². The van der Waals surface area contributed by atoms with Gasteiger partial charge in [-0.15, -0.1) is 0 Å². The van der Waals surface area contributed by atoms with E-state index in [1.807, 2.05) is 0 Å². The van der Waals surface area contributed by atoms with Crippen molar-refractivity contribution in [1.82, 2.24) is 5.32 Å². The predicted octanol–water partition coefficient (Wildman–Crippen LogP) is 2.84. The van der Waals surface area contributed by atoms with Crippen molar-refractivity contribution in [2.45, 2.75) is 38.6 Å². The highest BCUT2D eigenvalue weighted by Crippen LogP contribution is 2.40. The second kappa shape index (κ2) is 5.96. The van der Waals surface area contributed by atoms with Crippen molar-refractivity contribution in [3.05, 3.63) is 35.6 Å². The number of amides is 1. The van der Waals surface area contributed by atoms with Gasteiger partial charge in [0, 0.05) is 29.9 Å². The topological polar surface area (TPSA) is 46.2 Å². The number of hydrogen-bond donors (Lipinski definition) is 1. The van der Waals surface area contributed by atoms with Crippen LogP contribution in [0, 0.1) is 23.6 Å². The fourth-order valence-corrected chi connectivity index (χ4v) is 3.66. The molecule has 2 saturated carbocycles. The van der Waals surface area contributed by atoms with Gasteiger partial charge in [0.1, 0.15) is 11.6 Å². The van der Waals surface area contributed by atoms with Crippen molar-refractivity contribution >= 4 is 11.7 Å². The van der Waals surface area contributed by atoms with E-state index in [1.54, 1.807) is 18.2 Å². The summed E-state index contributed by atoms with van der Waals surface area (Å²) in [7, 11) is 0. The minimum absolute atomic E-state index is 0.0392. The Balaban J connectivity index is 1.59. The first-order valence-electron chi connectivity index (χ1n) is 7.70. The van der Waals surface area contributed by atoms with Gasteiger partial charge in [-0.25, -0.2) is 4.39 Å². The summed E-state index contributed by atoms with van der Waals surface area (Å²) in [4.78, 5) is 24.3. The van der Waals surface area contributed by atoms with E-state index in [0.29, 0.717) is 24.2 Å². The first-order chi connectivity index (χ1) is 10.1. The number of hydrogen-bond acceptors (Lipinski definition) is 2. The number of carbonyl (C=O) groups is 2. The van der Waals surface area contributed by atoms with E-state index in [0.717, 1.165) is 19.3 Å². The molecule has 1 amide bonds. The Morgan fingerprint density at radius 1 is 1.19 bits per heavy atom. The number of Topliss-reactive ketones (excluding diaryl/α,β-unsaturated/α-hetero) is 1. The smallest absolute Gasteiger partial charge is 0.223 e. The van der Waals surface area contributed by atoms with Crippen molar-refractivity contribution in [2.24, 2.45) is 17.8 Å². The Bertz CT molecular complexity index is 541. The van der Waals surface area contributed by atoms with E-state index in [-0.39, 0.29) is 36.0 Å². The highest BCUT2D eigenvalue weighted by molar-refractivity contribution is 5.88. The lowest BCUT2D eigenvalue weighted by molar-refractivity contribution is -0.137. The first kappa shape index (κ1) is 14.2. The molecule has 0 radical (unpaired) electrons. The van der Waals surface area contributed by atoms with Crippen LogP contribution in [-0.2, 0) is 16.1 Å². The molecule has 0 aliphatic heterocycles. The monoisotopic (exact) mass is 289 g/mol. The number of halogens is 1. The summed E-state index contributed by atoms with van der Waals surface area (Å²) >= 11 is 0. The Morgan fingerprint density at radius 2 is 1.86 bits per heavy atom. The predicted molar refractivity (Wildman–Crippen MR) is 76.8 cm³/mol. The molecule has 0 saturated heterocycles. The van der Waals surface area contributed by atoms with Crippen LogP contribution < -0.4 is 5.32 Å². The molecule has 112 valence electrons. The highest BCUT2D eigenvalue weighted by atomic mass is 19.1. The molecule has 2 unspecified atom stereocenters. The Kier molecular flexibility index (Phi) is 4.04. The summed E-state index contributed by atoms with van der Waals surface area (Å²) in [6.45, 7) is 0.214. The van der Waals surface area contributed by atoms with Gasteiger partial charge >= 0.3 is 0 Å². The Labute approximate surface area is 123 Å². The zero-order chi connectivity index (χ0) is 14.8. The van der Waals surface area contributed by atoms with Crippen LogP contribution in [0.2, 0.25) is 0 Å². The van der Waals surface area contributed by atoms with Crippen molar-refractivity contribution in [2.75, 3.05) is 0 Å². The van der Waals surface area contributed by atoms with Crippen molar-refractivity contribution in [3.8, 4) is 0 Å². The minimum Gasteiger partial charge on any atom is -0.352 e. The molecule has 21 heavy (non-hydrogen) atoms. The van der Waals surface area contributed by atoms with Gasteiger partial charge < -0.3 is 5.32 Å². The van der Waals surface area contributed by atoms with Crippen LogP contribution in [0.1, 0.15) is 37.7 Å². The Hall–Kier alpha value is -1.71. The molecule has 2 aliphatic carbocycles. The number of carbonyl (C=O) groups excluding carboxylic acids is 2. The second-order valence-corrected chi connectivity index (χ2v) is 6.20. The molecule has 0 spiro atoms. The lowest BCUT2D eigenvalue weighted by atomic mass is 9.67. The van der Waals surface area contributed by atoms with Gasteiger partial charge in [-0.2, -0.15) is 0 Å². The number of ketones is 1. The molecule has 0 aromatic heterocycles. The Morgan fingerprint density at radius 3 is 2.52 bits per heavy atom. The minimum atomic E-state index is -0.298. The largest absolute Gasteiger partial charge is 0.352 e. The fraction of sp³-hybridized carbons (Fsp3) is 0.529. The van der Waals surface area contributed by atoms with Crippen LogP contribution in [0.4, 0.5) is 4.39 Å². The standard InChI is InChI=1S/C17H20FNO2/c18-15-7-2-1-4-13(15)10-19-17(21)14-8-11-5-3-6-12(9-14)16(11)20/h1-2,4,7,11-12,14H,3,5-6,8-10H2,(H,19,21). The molecule has 4 heteroatoms. The maximum absolute atomic E-state index is 13.5. The normalized spacial score (nSPS) is 28.2. The molecule has 1 aromatic carbocycles. The summed E-state index contributed by atoms with van der Waals surface area (Å²) in [5.41, 5.74) is 0.498. The number of fused-ring (bicyclic) bond motifs is 2. The van der Waals surface area contributed by atoms with Crippen LogP contribution in [0.3, 0.4) is 0 Å². The summed E-state index contributed by atoms with van der Waals surface area (Å²) in [6, 6.07) is 6.46. The number of rotatable bonds is 3. The second-order valence-electron chi connectivity index (χ2n) is 6.20. The van der Waals surface area contributed by atoms with Gasteiger partial charge in [0.15, 0.2) is 0 Å². The maximum atomic E-state index is 13.5. The molecule has 2 bridgehead atoms. The SMILES string of the molecule is O=C(NCc1ccccc1F)C1CC2CCCC(C1)C2=O. The van der Waals surface area contributed by atoms with Crippen molar-refractivity contribution in [1.29, 1.82) is 0 Å². The van der Waals surface area contributed by atoms with Gasteiger partial charge in [0.05, 0.1) is 0 Å². The zero-order valence-electron chi connectivity index (χ0n) is 12.0. The number of benzene rings is 1. The van der Waals surface area contributed by atoms with Gasteiger partial charge in [-0.3, -0.25) is 9.59 Å². The third-order valence-corrected chi connectivity index (χ3v) is 4.83. The average Bonchev–Trinajstić information content (AvgIpc) is 2.46. The van der Waals surface area contributed by atoms with Gasteiger partial charge in [-0.1, -0.05) is 24.6 Å². The maximum Gasteiger partial charge on any atom is 0.223 e. The molecule has 3 rings (SSSR count). The molecule has 1 aromatic rings. The lowest BCUT2D eigenvalue weighted by Gasteiger charge is -2.36. The van der Waals surface area contributed by atoms with E-state index >= 15 is 0 Å². The van der Waals surface area contributed by atoms with Crippen LogP contribution in [0.15, 0.2) is 24.3 Å². The van der Waals surface area contributed by atoms with Crippen LogP contribution in [0.5, 0.6) is 0 Å². The highest BCUT2D eigenvalue weighted by Gasteiger charge is 2.41. The average molecular weight is 289 g/mol. The molecule has 2 atom stereocenters. The number of nitrogens with one attached hydrogen (secondary N) is 1. The molecular weight excluding hydrogens is 269 g/mol. The summed E-state index contributed by atoms with van der Waals surface area (Å²) in [5.74, 6) is 0.0729. The van der Waals surface area contributed by atoms with E-state index < -0.39 is 0 Å². The van der Waals surface area contributed by atoms with E-state index in [4.69, 9.17) is 0 Å². The zero-order valence-corrected chi connectivity index (χ0v) is 12.0. The van der Waals surface area contributed by atoms with E-state index in [1.165, 1.54) is 6.07 Å². The molecule has 3 nitrogen and oxygen atoms in total. The van der Waals surface area contributed by atoms with E-state index in [2.05, 4.69) is 5.32 Å². The lowest BCUT2D eigenvalue weighted by Crippen LogP contribution is -2.42. The summed E-state index contributed by atoms with van der Waals surface area (Å²) in [5, 5.41) is 2.82. The third kappa shape index (κ3) is 2.99. The first-order valence-corrected chi connectivity index (χ1v) is 7.70. The quantitative estimate of drug-likeness (QED) is 0.930. The van der Waals surface area contributed by atoms with Gasteiger partial charge in [0.2, 0.25) is 5.91 Å². The molecular formula is C17H20FNO2. The fourth-order valence-electron chi connectivity index (χ4n) is 3.66. The van der Waals surface area contributed by atoms with Crippen LogP contribution in [0.25, 0.3) is 0 Å².